The predicted molar refractivity (Wildman–Crippen MR) is 97.4 cm³/mol. The van der Waals surface area contributed by atoms with E-state index in [2.05, 4.69) is 10.0 Å². The van der Waals surface area contributed by atoms with Crippen LogP contribution in [-0.2, 0) is 14.8 Å². The smallest absolute Gasteiger partial charge is 0.242 e. The molecule has 0 aliphatic rings. The molecule has 0 aliphatic heterocycles. The lowest BCUT2D eigenvalue weighted by Crippen LogP contribution is -2.41. The van der Waals surface area contributed by atoms with Gasteiger partial charge in [-0.3, -0.25) is 4.79 Å². The third-order valence-corrected chi connectivity index (χ3v) is 5.16. The number of hydrogen-bond acceptors (Lipinski definition) is 4. The van der Waals surface area contributed by atoms with E-state index in [1.807, 2.05) is 0 Å². The number of hydrogen-bond donors (Lipinski definition) is 2. The molecule has 2 aromatic carbocycles. The molecule has 2 N–H and O–H groups in total. The monoisotopic (exact) mass is 400 g/mol. The number of amides is 1. The first-order valence-electron chi connectivity index (χ1n) is 7.74. The Balaban J connectivity index is 2.10. The van der Waals surface area contributed by atoms with Crippen LogP contribution in [0.2, 0.25) is 5.02 Å². The predicted octanol–water partition coefficient (Wildman–Crippen LogP) is 3.18. The number of anilines is 1. The Kier molecular flexibility index (Phi) is 6.57. The highest BCUT2D eigenvalue weighted by Crippen LogP contribution is 2.27. The number of sulfonamides is 1. The molecule has 0 unspecified atom stereocenters. The van der Waals surface area contributed by atoms with Crippen molar-refractivity contribution in [1.29, 1.82) is 0 Å². The summed E-state index contributed by atoms with van der Waals surface area (Å²) in [5, 5.41) is 2.59. The number of carbonyl (C=O) groups is 1. The van der Waals surface area contributed by atoms with Gasteiger partial charge in [-0.1, -0.05) is 17.7 Å². The van der Waals surface area contributed by atoms with E-state index < -0.39 is 27.8 Å². The summed E-state index contributed by atoms with van der Waals surface area (Å²) in [6.45, 7) is 3.55. The van der Waals surface area contributed by atoms with Crippen LogP contribution < -0.4 is 14.8 Å². The molecule has 140 valence electrons. The van der Waals surface area contributed by atoms with E-state index >= 15 is 0 Å². The lowest BCUT2D eigenvalue weighted by Gasteiger charge is -2.15. The zero-order valence-electron chi connectivity index (χ0n) is 14.1. The fourth-order valence-corrected chi connectivity index (χ4v) is 3.62. The van der Waals surface area contributed by atoms with Gasteiger partial charge in [-0.25, -0.2) is 12.8 Å². The fraction of sp³-hybridized carbons (Fsp3) is 0.235. The number of nitrogens with one attached hydrogen (secondary N) is 2. The van der Waals surface area contributed by atoms with Gasteiger partial charge in [-0.15, -0.1) is 0 Å². The lowest BCUT2D eigenvalue weighted by molar-refractivity contribution is -0.117. The van der Waals surface area contributed by atoms with E-state index in [-0.39, 0.29) is 15.6 Å². The van der Waals surface area contributed by atoms with Crippen molar-refractivity contribution in [3.63, 3.8) is 0 Å². The molecule has 0 aliphatic carbocycles. The van der Waals surface area contributed by atoms with E-state index in [4.69, 9.17) is 16.3 Å². The average molecular weight is 401 g/mol. The largest absolute Gasteiger partial charge is 0.492 e. The third kappa shape index (κ3) is 5.17. The van der Waals surface area contributed by atoms with Crippen molar-refractivity contribution in [2.24, 2.45) is 0 Å². The molecule has 1 amide bonds. The number of benzene rings is 2. The minimum Gasteiger partial charge on any atom is -0.492 e. The van der Waals surface area contributed by atoms with Crippen molar-refractivity contribution in [3.8, 4) is 5.75 Å². The zero-order valence-corrected chi connectivity index (χ0v) is 15.7. The maximum absolute atomic E-state index is 13.2. The van der Waals surface area contributed by atoms with Crippen molar-refractivity contribution in [1.82, 2.24) is 4.72 Å². The number of halogens is 2. The quantitative estimate of drug-likeness (QED) is 0.747. The van der Waals surface area contributed by atoms with E-state index in [0.717, 1.165) is 6.07 Å². The van der Waals surface area contributed by atoms with Gasteiger partial charge in [0.05, 0.1) is 22.6 Å². The first-order chi connectivity index (χ1) is 12.2. The highest BCUT2D eigenvalue weighted by molar-refractivity contribution is 7.89. The Morgan fingerprint density at radius 2 is 2.00 bits per heavy atom. The maximum atomic E-state index is 13.2. The molecule has 0 aromatic heterocycles. The molecule has 0 radical (unpaired) electrons. The van der Waals surface area contributed by atoms with E-state index in [9.17, 15) is 17.6 Å². The van der Waals surface area contributed by atoms with Gasteiger partial charge >= 0.3 is 0 Å². The molecule has 0 spiro atoms. The first kappa shape index (κ1) is 20.2. The summed E-state index contributed by atoms with van der Waals surface area (Å²) in [6, 6.07) is 8.22. The Bertz CT molecular complexity index is 905. The van der Waals surface area contributed by atoms with Crippen LogP contribution in [0.25, 0.3) is 0 Å². The van der Waals surface area contributed by atoms with Crippen LogP contribution in [0, 0.1) is 5.82 Å². The Labute approximate surface area is 156 Å². The summed E-state index contributed by atoms with van der Waals surface area (Å²) in [6.07, 6.45) is 0. The molecule has 9 heteroatoms. The first-order valence-corrected chi connectivity index (χ1v) is 9.60. The van der Waals surface area contributed by atoms with Crippen molar-refractivity contribution in [3.05, 3.63) is 53.3 Å². The van der Waals surface area contributed by atoms with Gasteiger partial charge in [0.15, 0.2) is 0 Å². The topological polar surface area (TPSA) is 84.5 Å². The molecule has 2 aromatic rings. The summed E-state index contributed by atoms with van der Waals surface area (Å²) in [4.78, 5) is 12.0. The van der Waals surface area contributed by atoms with Gasteiger partial charge in [0.2, 0.25) is 15.9 Å². The molecule has 0 fully saturated rings. The van der Waals surface area contributed by atoms with Gasteiger partial charge in [0, 0.05) is 5.69 Å². The van der Waals surface area contributed by atoms with Crippen molar-refractivity contribution < 1.29 is 22.3 Å². The Hall–Kier alpha value is -2.16. The molecule has 1 atom stereocenters. The fourth-order valence-electron chi connectivity index (χ4n) is 2.09. The van der Waals surface area contributed by atoms with Crippen LogP contribution in [0.3, 0.4) is 0 Å². The molecule has 0 heterocycles. The van der Waals surface area contributed by atoms with Crippen molar-refractivity contribution in [2.75, 3.05) is 11.9 Å². The van der Waals surface area contributed by atoms with Crippen LogP contribution >= 0.6 is 11.6 Å². The summed E-state index contributed by atoms with van der Waals surface area (Å²) in [7, 11) is -3.98. The van der Waals surface area contributed by atoms with Crippen LogP contribution in [-0.4, -0.2) is 27.0 Å². The van der Waals surface area contributed by atoms with Crippen molar-refractivity contribution >= 4 is 33.2 Å². The molecule has 6 nitrogen and oxygen atoms in total. The number of carbonyl (C=O) groups excluding carboxylic acids is 1. The molecule has 0 saturated carbocycles. The second-order valence-corrected chi connectivity index (χ2v) is 7.49. The second kappa shape index (κ2) is 8.48. The van der Waals surface area contributed by atoms with Crippen LogP contribution in [0.1, 0.15) is 13.8 Å². The molecule has 0 saturated heterocycles. The third-order valence-electron chi connectivity index (χ3n) is 3.33. The van der Waals surface area contributed by atoms with Crippen LogP contribution in [0.15, 0.2) is 47.4 Å². The van der Waals surface area contributed by atoms with Gasteiger partial charge < -0.3 is 10.1 Å². The van der Waals surface area contributed by atoms with E-state index in [1.54, 1.807) is 6.92 Å². The van der Waals surface area contributed by atoms with Gasteiger partial charge in [0.1, 0.15) is 11.6 Å². The van der Waals surface area contributed by atoms with E-state index in [1.165, 1.54) is 43.3 Å². The number of rotatable bonds is 7. The van der Waals surface area contributed by atoms with E-state index in [0.29, 0.717) is 12.4 Å². The molecule has 26 heavy (non-hydrogen) atoms. The summed E-state index contributed by atoms with van der Waals surface area (Å²) in [5.74, 6) is -0.777. The summed E-state index contributed by atoms with van der Waals surface area (Å²) < 4.78 is 45.5. The van der Waals surface area contributed by atoms with Crippen molar-refractivity contribution in [2.45, 2.75) is 24.8 Å². The summed E-state index contributed by atoms with van der Waals surface area (Å²) >= 11 is 6.00. The average Bonchev–Trinajstić information content (AvgIpc) is 2.56. The van der Waals surface area contributed by atoms with Crippen LogP contribution in [0.4, 0.5) is 10.1 Å². The summed E-state index contributed by atoms with van der Waals surface area (Å²) in [5.41, 5.74) is 0.227. The number of ether oxygens (including phenoxy) is 1. The highest BCUT2D eigenvalue weighted by Gasteiger charge is 2.23. The zero-order chi connectivity index (χ0) is 19.3. The highest BCUT2D eigenvalue weighted by atomic mass is 35.5. The second-order valence-electron chi connectivity index (χ2n) is 5.37. The normalized spacial score (nSPS) is 12.5. The van der Waals surface area contributed by atoms with Gasteiger partial charge in [0.25, 0.3) is 0 Å². The SMILES string of the molecule is CCOc1ccc(S(=O)(=O)N[C@H](C)C(=O)Nc2cccc(F)c2)cc1Cl. The molecular formula is C17H18ClFN2O4S. The van der Waals surface area contributed by atoms with Gasteiger partial charge in [-0.2, -0.15) is 4.72 Å². The minimum atomic E-state index is -3.98. The van der Waals surface area contributed by atoms with Crippen LogP contribution in [0.5, 0.6) is 5.75 Å². The lowest BCUT2D eigenvalue weighted by atomic mass is 10.3. The maximum Gasteiger partial charge on any atom is 0.242 e. The molecule has 2 rings (SSSR count). The molecule has 0 bridgehead atoms. The Morgan fingerprint density at radius 3 is 2.62 bits per heavy atom. The Morgan fingerprint density at radius 1 is 1.27 bits per heavy atom. The van der Waals surface area contributed by atoms with Gasteiger partial charge in [-0.05, 0) is 50.2 Å². The molecular weight excluding hydrogens is 383 g/mol. The standard InChI is InChI=1S/C17H18ClFN2O4S/c1-3-25-16-8-7-14(10-15(16)18)26(23,24)21-11(2)17(22)20-13-6-4-5-12(19)9-13/h4-11,21H,3H2,1-2H3,(H,20,22)/t11-/m1/s1. The minimum absolute atomic E-state index is 0.101.